The summed E-state index contributed by atoms with van der Waals surface area (Å²) in [7, 11) is -2.43. The van der Waals surface area contributed by atoms with Crippen molar-refractivity contribution in [1.29, 1.82) is 0 Å². The first-order valence-corrected chi connectivity index (χ1v) is 7.51. The van der Waals surface area contributed by atoms with Gasteiger partial charge in [-0.15, -0.1) is 0 Å². The second-order valence-electron chi connectivity index (χ2n) is 4.07. The number of rotatable bonds is 6. The lowest BCUT2D eigenvalue weighted by molar-refractivity contribution is 0.462. The van der Waals surface area contributed by atoms with E-state index < -0.39 is 21.8 Å². The quantitative estimate of drug-likeness (QED) is 0.793. The van der Waals surface area contributed by atoms with Gasteiger partial charge in [0, 0.05) is 19.7 Å². The van der Waals surface area contributed by atoms with E-state index in [1.807, 2.05) is 6.92 Å². The number of unbranched alkanes of at least 4 members (excludes halogenated alkanes) is 1. The summed E-state index contributed by atoms with van der Waals surface area (Å²) in [5.74, 6) is -1.34. The minimum absolute atomic E-state index is 0.129. The van der Waals surface area contributed by atoms with Crippen LogP contribution in [0.1, 0.15) is 19.8 Å². The lowest BCUT2D eigenvalue weighted by Crippen LogP contribution is -2.33. The molecule has 0 bridgehead atoms. The molecule has 0 heterocycles. The highest BCUT2D eigenvalue weighted by atomic mass is 35.5. The predicted octanol–water partition coefficient (Wildman–Crippen LogP) is 2.57. The fourth-order valence-corrected chi connectivity index (χ4v) is 2.46. The molecular formula is C11H16ClFN2O3S. The number of halogens is 2. The van der Waals surface area contributed by atoms with Gasteiger partial charge in [0.25, 0.3) is 0 Å². The second kappa shape index (κ2) is 6.40. The average Bonchev–Trinajstić information content (AvgIpc) is 2.32. The molecular weight excluding hydrogens is 295 g/mol. The Labute approximate surface area is 117 Å². The van der Waals surface area contributed by atoms with Crippen LogP contribution in [0.4, 0.5) is 10.1 Å². The molecule has 0 aromatic heterocycles. The van der Waals surface area contributed by atoms with E-state index >= 15 is 0 Å². The smallest absolute Gasteiger partial charge is 0.301 e. The van der Waals surface area contributed by atoms with Crippen LogP contribution in [0.15, 0.2) is 12.1 Å². The Kier molecular flexibility index (Phi) is 5.39. The van der Waals surface area contributed by atoms with Crippen LogP contribution in [0.5, 0.6) is 5.75 Å². The maximum atomic E-state index is 13.5. The van der Waals surface area contributed by atoms with Gasteiger partial charge < -0.3 is 5.11 Å². The van der Waals surface area contributed by atoms with Gasteiger partial charge in [0.2, 0.25) is 0 Å². The molecule has 1 aromatic carbocycles. The second-order valence-corrected chi connectivity index (χ2v) is 6.25. The first-order valence-electron chi connectivity index (χ1n) is 5.70. The average molecular weight is 311 g/mol. The van der Waals surface area contributed by atoms with Crippen LogP contribution in [0.3, 0.4) is 0 Å². The molecule has 5 nitrogen and oxygen atoms in total. The molecule has 0 aliphatic rings. The zero-order valence-electron chi connectivity index (χ0n) is 10.7. The van der Waals surface area contributed by atoms with Crippen molar-refractivity contribution >= 4 is 27.5 Å². The SMILES string of the molecule is CCCCN(C)S(=O)(=O)Nc1cc(Cl)c(O)cc1F. The maximum Gasteiger partial charge on any atom is 0.301 e. The molecule has 0 aliphatic heterocycles. The zero-order valence-corrected chi connectivity index (χ0v) is 12.2. The summed E-state index contributed by atoms with van der Waals surface area (Å²) in [4.78, 5) is 0. The first kappa shape index (κ1) is 16.0. The van der Waals surface area contributed by atoms with Crippen LogP contribution in [-0.2, 0) is 10.2 Å². The molecule has 2 N–H and O–H groups in total. The van der Waals surface area contributed by atoms with Crippen LogP contribution in [0.2, 0.25) is 5.02 Å². The highest BCUT2D eigenvalue weighted by Gasteiger charge is 2.19. The van der Waals surface area contributed by atoms with E-state index in [0.29, 0.717) is 13.0 Å². The van der Waals surface area contributed by atoms with E-state index in [-0.39, 0.29) is 10.7 Å². The summed E-state index contributed by atoms with van der Waals surface area (Å²) in [6.45, 7) is 2.27. The van der Waals surface area contributed by atoms with Crippen LogP contribution in [0, 0.1) is 5.82 Å². The number of anilines is 1. The number of hydrogen-bond donors (Lipinski definition) is 2. The number of nitrogens with zero attached hydrogens (tertiary/aromatic N) is 1. The van der Waals surface area contributed by atoms with E-state index in [0.717, 1.165) is 22.9 Å². The van der Waals surface area contributed by atoms with E-state index in [2.05, 4.69) is 4.72 Å². The van der Waals surface area contributed by atoms with Crippen molar-refractivity contribution < 1.29 is 17.9 Å². The first-order chi connectivity index (χ1) is 8.77. The van der Waals surface area contributed by atoms with E-state index in [9.17, 15) is 17.9 Å². The predicted molar refractivity (Wildman–Crippen MR) is 73.2 cm³/mol. The van der Waals surface area contributed by atoms with Gasteiger partial charge in [-0.05, 0) is 12.5 Å². The van der Waals surface area contributed by atoms with Gasteiger partial charge >= 0.3 is 10.2 Å². The molecule has 8 heteroatoms. The summed E-state index contributed by atoms with van der Waals surface area (Å²) >= 11 is 5.61. The molecule has 0 saturated carbocycles. The van der Waals surface area contributed by atoms with Crippen molar-refractivity contribution in [3.63, 3.8) is 0 Å². The summed E-state index contributed by atoms with van der Waals surface area (Å²) in [5, 5.41) is 9.06. The van der Waals surface area contributed by atoms with Crippen molar-refractivity contribution in [2.45, 2.75) is 19.8 Å². The highest BCUT2D eigenvalue weighted by Crippen LogP contribution is 2.29. The summed E-state index contributed by atoms with van der Waals surface area (Å²) in [6.07, 6.45) is 1.55. The number of phenols is 1. The standard InChI is InChI=1S/C11H16ClFN2O3S/c1-3-4-5-15(2)19(17,18)14-10-6-8(12)11(16)7-9(10)13/h6-7,14,16H,3-5H2,1-2H3. The van der Waals surface area contributed by atoms with Gasteiger partial charge in [0.05, 0.1) is 10.7 Å². The van der Waals surface area contributed by atoms with Crippen molar-refractivity contribution in [2.75, 3.05) is 18.3 Å². The minimum atomic E-state index is -3.83. The van der Waals surface area contributed by atoms with Crippen molar-refractivity contribution in [2.24, 2.45) is 0 Å². The molecule has 0 unspecified atom stereocenters. The van der Waals surface area contributed by atoms with Crippen LogP contribution >= 0.6 is 11.6 Å². The van der Waals surface area contributed by atoms with E-state index in [4.69, 9.17) is 11.6 Å². The van der Waals surface area contributed by atoms with E-state index in [1.54, 1.807) is 0 Å². The number of hydrogen-bond acceptors (Lipinski definition) is 3. The zero-order chi connectivity index (χ0) is 14.6. The van der Waals surface area contributed by atoms with Crippen LogP contribution < -0.4 is 4.72 Å². The van der Waals surface area contributed by atoms with Crippen LogP contribution in [-0.4, -0.2) is 31.4 Å². The number of nitrogens with one attached hydrogen (secondary N) is 1. The molecule has 0 aliphatic carbocycles. The van der Waals surface area contributed by atoms with Gasteiger partial charge in [-0.25, -0.2) is 4.39 Å². The Morgan fingerprint density at radius 2 is 2.11 bits per heavy atom. The molecule has 1 rings (SSSR count). The molecule has 0 fully saturated rings. The topological polar surface area (TPSA) is 69.6 Å². The Hall–Kier alpha value is -1.05. The number of benzene rings is 1. The molecule has 0 spiro atoms. The Balaban J connectivity index is 2.92. The lowest BCUT2D eigenvalue weighted by atomic mass is 10.3. The van der Waals surface area contributed by atoms with Gasteiger partial charge in [-0.3, -0.25) is 4.72 Å². The molecule has 0 saturated heterocycles. The Morgan fingerprint density at radius 1 is 1.47 bits per heavy atom. The molecule has 19 heavy (non-hydrogen) atoms. The molecule has 108 valence electrons. The van der Waals surface area contributed by atoms with Gasteiger partial charge in [-0.2, -0.15) is 12.7 Å². The molecule has 0 amide bonds. The third-order valence-electron chi connectivity index (χ3n) is 2.51. The molecule has 1 aromatic rings. The Morgan fingerprint density at radius 3 is 2.68 bits per heavy atom. The number of aromatic hydroxyl groups is 1. The summed E-state index contributed by atoms with van der Waals surface area (Å²) in [5.41, 5.74) is -0.300. The fourth-order valence-electron chi connectivity index (χ4n) is 1.33. The third kappa shape index (κ3) is 4.22. The number of phenolic OH excluding ortho intramolecular Hbond substituents is 1. The summed E-state index contributed by atoms with van der Waals surface area (Å²) in [6, 6.07) is 1.78. The summed E-state index contributed by atoms with van der Waals surface area (Å²) < 4.78 is 40.5. The normalized spacial score (nSPS) is 11.8. The molecule has 0 atom stereocenters. The van der Waals surface area contributed by atoms with Gasteiger partial charge in [0.15, 0.2) is 5.82 Å². The minimum Gasteiger partial charge on any atom is -0.506 e. The Bertz CT molecular complexity index is 551. The monoisotopic (exact) mass is 310 g/mol. The van der Waals surface area contributed by atoms with E-state index in [1.165, 1.54) is 7.05 Å². The maximum absolute atomic E-state index is 13.5. The molecule has 0 radical (unpaired) electrons. The van der Waals surface area contributed by atoms with Crippen molar-refractivity contribution in [3.8, 4) is 5.75 Å². The van der Waals surface area contributed by atoms with Gasteiger partial charge in [-0.1, -0.05) is 24.9 Å². The lowest BCUT2D eigenvalue weighted by Gasteiger charge is -2.18. The highest BCUT2D eigenvalue weighted by molar-refractivity contribution is 7.90. The third-order valence-corrected chi connectivity index (χ3v) is 4.30. The largest absolute Gasteiger partial charge is 0.506 e. The van der Waals surface area contributed by atoms with Crippen molar-refractivity contribution in [1.82, 2.24) is 4.31 Å². The van der Waals surface area contributed by atoms with Crippen LogP contribution in [0.25, 0.3) is 0 Å². The van der Waals surface area contributed by atoms with Crippen molar-refractivity contribution in [3.05, 3.63) is 23.0 Å². The fraction of sp³-hybridized carbons (Fsp3) is 0.455. The van der Waals surface area contributed by atoms with Gasteiger partial charge in [0.1, 0.15) is 5.75 Å².